The Hall–Kier alpha value is -13.4. The topological polar surface area (TPSA) is 106 Å². The molecule has 612 valence electrons. The van der Waals surface area contributed by atoms with Gasteiger partial charge in [0.05, 0.1) is 83.0 Å². The van der Waals surface area contributed by atoms with Gasteiger partial charge in [-0.15, -0.1) is 0 Å². The number of fused-ring (bicyclic) bond motifs is 15. The van der Waals surface area contributed by atoms with E-state index < -0.39 is 50.0 Å². The van der Waals surface area contributed by atoms with Crippen molar-refractivity contribution in [2.24, 2.45) is 46.1 Å². The van der Waals surface area contributed by atoms with E-state index in [4.69, 9.17) is 34.1 Å². The van der Waals surface area contributed by atoms with Gasteiger partial charge in [0, 0.05) is 109 Å². The zero-order chi connectivity index (χ0) is 98.1. The van der Waals surface area contributed by atoms with Crippen LogP contribution in [-0.4, -0.2) is 46.9 Å². The minimum Gasteiger partial charge on any atom is -0.300 e. The predicted octanol–water partition coefficient (Wildman–Crippen LogP) is 22.0. The summed E-state index contributed by atoms with van der Waals surface area (Å²) in [5.41, 5.74) is 31.7. The highest BCUT2D eigenvalue weighted by Gasteiger charge is 2.26. The first-order valence-electron chi connectivity index (χ1n) is 48.2. The lowest BCUT2D eigenvalue weighted by Crippen LogP contribution is -2.32. The Bertz CT molecular complexity index is 8110. The first kappa shape index (κ1) is 66.4. The molecule has 0 spiro atoms. The Kier molecular flexibility index (Phi) is 17.9. The monoisotopic (exact) mass is 1620 g/mol. The highest BCUT2D eigenvalue weighted by molar-refractivity contribution is 5.91. The van der Waals surface area contributed by atoms with E-state index in [9.17, 15) is 0 Å². The molecule has 20 rings (SSSR count). The zero-order valence-electron chi connectivity index (χ0n) is 87.0. The second kappa shape index (κ2) is 33.0. The Labute approximate surface area is 736 Å². The van der Waals surface area contributed by atoms with E-state index in [0.29, 0.717) is 16.7 Å². The molecule has 0 fully saturated rings. The largest absolute Gasteiger partial charge is 0.300 e. The van der Waals surface area contributed by atoms with Crippen molar-refractivity contribution in [2.45, 2.75) is 136 Å². The van der Waals surface area contributed by atoms with E-state index in [1.807, 2.05) is 245 Å². The number of benzene rings is 5. The number of rotatable bonds is 8. The van der Waals surface area contributed by atoms with Crippen molar-refractivity contribution >= 4 is 83.4 Å². The summed E-state index contributed by atoms with van der Waals surface area (Å²) in [5, 5.41) is 0. The summed E-state index contributed by atoms with van der Waals surface area (Å²) >= 11 is 0. The first-order valence-corrected chi connectivity index (χ1v) is 41.2. The van der Waals surface area contributed by atoms with Crippen molar-refractivity contribution in [1.29, 1.82) is 0 Å². The van der Waals surface area contributed by atoms with Crippen molar-refractivity contribution < 1.29 is 42.0 Å². The van der Waals surface area contributed by atoms with Crippen LogP contribution < -0.4 is 22.8 Å². The van der Waals surface area contributed by atoms with Crippen molar-refractivity contribution in [3.05, 3.63) is 329 Å². The summed E-state index contributed by atoms with van der Waals surface area (Å²) < 4.78 is 135. The van der Waals surface area contributed by atoms with Crippen molar-refractivity contribution in [3.63, 3.8) is 0 Å². The second-order valence-electron chi connectivity index (χ2n) is 34.4. The number of nitrogens with zero attached hydrogens (tertiary/aromatic N) is 15. The summed E-state index contributed by atoms with van der Waals surface area (Å²) in [4.78, 5) is 23.5. The highest BCUT2D eigenvalue weighted by atomic mass is 15.0. The Morgan fingerprint density at radius 3 is 1.05 bits per heavy atom. The van der Waals surface area contributed by atoms with E-state index in [0.717, 1.165) is 156 Å². The quantitative estimate of drug-likeness (QED) is 0.141. The van der Waals surface area contributed by atoms with Gasteiger partial charge in [-0.2, -0.15) is 0 Å². The summed E-state index contributed by atoms with van der Waals surface area (Å²) in [6.45, 7) is 20.0. The molecule has 0 bridgehead atoms. The lowest BCUT2D eigenvalue weighted by Gasteiger charge is -2.19. The molecular weight excluding hydrogens is 1500 g/mol. The molecule has 15 heteroatoms. The minimum atomic E-state index is -2.43. The van der Waals surface area contributed by atoms with Gasteiger partial charge >= 0.3 is 0 Å². The minimum absolute atomic E-state index is 0.0391. The summed E-state index contributed by atoms with van der Waals surface area (Å²) in [5.74, 6) is -1.03. The summed E-state index contributed by atoms with van der Waals surface area (Å²) in [7, 11) is 9.62. The lowest BCUT2D eigenvalue weighted by atomic mass is 9.86. The maximum Gasteiger partial charge on any atom is 0.212 e. The number of pyridine rings is 10. The third-order valence-corrected chi connectivity index (χ3v) is 22.5. The van der Waals surface area contributed by atoms with Crippen LogP contribution in [0.5, 0.6) is 0 Å². The molecule has 5 aromatic carbocycles. The third-order valence-electron chi connectivity index (χ3n) is 22.5. The van der Waals surface area contributed by atoms with Gasteiger partial charge in [0.1, 0.15) is 63.5 Å². The molecule has 0 radical (unpaired) electrons. The fraction of sp³-hybridized carbons (Fsp3) is 0.252. The van der Waals surface area contributed by atoms with Gasteiger partial charge < -0.3 is 0 Å². The number of aromatic nitrogens is 15. The van der Waals surface area contributed by atoms with E-state index in [2.05, 4.69) is 133 Å². The van der Waals surface area contributed by atoms with Gasteiger partial charge in [-0.25, -0.2) is 47.8 Å². The summed E-state index contributed by atoms with van der Waals surface area (Å²) in [6, 6.07) is 66.6. The lowest BCUT2D eigenvalue weighted by molar-refractivity contribution is -0.660. The molecule has 0 atom stereocenters. The van der Waals surface area contributed by atoms with E-state index >= 15 is 0 Å². The van der Waals surface area contributed by atoms with Crippen LogP contribution in [0.25, 0.3) is 140 Å². The molecule has 0 amide bonds. The number of hydrogen-bond acceptors (Lipinski definition) is 5. The molecule has 122 heavy (non-hydrogen) atoms. The number of imidazole rings is 5. The molecule has 0 aliphatic rings. The summed E-state index contributed by atoms with van der Waals surface area (Å²) in [6.07, 6.45) is 15.7. The fourth-order valence-electron chi connectivity index (χ4n) is 16.4. The molecule has 0 unspecified atom stereocenters. The van der Waals surface area contributed by atoms with Gasteiger partial charge in [-0.1, -0.05) is 85.7 Å². The molecular formula is C107H114N15+5. The Morgan fingerprint density at radius 1 is 0.320 bits per heavy atom. The second-order valence-corrected chi connectivity index (χ2v) is 34.4. The van der Waals surface area contributed by atoms with Crippen LogP contribution in [0.4, 0.5) is 0 Å². The van der Waals surface area contributed by atoms with E-state index in [1.165, 1.54) is 16.8 Å². The predicted molar refractivity (Wildman–Crippen MR) is 500 cm³/mol. The highest BCUT2D eigenvalue weighted by Crippen LogP contribution is 2.36. The van der Waals surface area contributed by atoms with Crippen LogP contribution >= 0.6 is 0 Å². The van der Waals surface area contributed by atoms with Crippen molar-refractivity contribution in [1.82, 2.24) is 46.9 Å². The van der Waals surface area contributed by atoms with Gasteiger partial charge in [0.15, 0.2) is 31.0 Å². The molecule has 0 saturated carbocycles. The molecule has 0 aliphatic carbocycles. The molecule has 20 aromatic rings. The molecule has 0 saturated heterocycles. The van der Waals surface area contributed by atoms with Crippen LogP contribution in [-0.2, 0) is 48.0 Å². The molecule has 15 nitrogen and oxygen atoms in total. The molecule has 0 aliphatic heterocycles. The standard InChI is InChI=1S/C24H28N3.C23H26N3.C22H24N3.C20H20N3.C18H16N3/c1-16-11-20-22(27-10-8-7-9-23(27)25-20)13-19(16)21-12-18(14-24(3,4)5)17(2)15-26(21)6;1-16-12-19-21(26-10-7-6-8-22(26)24-19)14-18(16)20-13-17(9-11-25(20)5)15-23(2,3)4;1-14(2)17-11-20(24(5)13-16(17)4)18-12-21-19(10-15(18)3)23-22-8-6-7-9-25(21)22;1-13-10-18(22(4)12-15(13)3)16-11-19-17(9-14(16)2)21-20-7-5-6-8-23(19)20;1-13-11-17-15(19-18-8-4-6-10-21(17)18)12-14(13)16-7-3-5-9-20(16)2/h7-13,15H,14H2,1-6H3;6-14H,15H2,1-5H3;6-14H,1-5H3;5-12H,1-4H3;3-12H,1-2H3/q5*+1/i2D3,14D2;15D2;4D3,14D;3D3;. The van der Waals surface area contributed by atoms with Crippen LogP contribution in [0.15, 0.2) is 262 Å². The van der Waals surface area contributed by atoms with Crippen LogP contribution in [0.1, 0.15) is 147 Å². The van der Waals surface area contributed by atoms with Gasteiger partial charge in [-0.3, -0.25) is 22.0 Å². The Balaban J connectivity index is 0.000000124. The van der Waals surface area contributed by atoms with Crippen LogP contribution in [0.2, 0.25) is 0 Å². The first-order chi connectivity index (χ1) is 63.8. The van der Waals surface area contributed by atoms with Crippen LogP contribution in [0, 0.1) is 72.9 Å². The van der Waals surface area contributed by atoms with Gasteiger partial charge in [-0.05, 0) is 269 Å². The average Bonchev–Trinajstić information content (AvgIpc) is 1.34. The molecule has 0 N–H and O–H groups in total. The van der Waals surface area contributed by atoms with E-state index in [1.54, 1.807) is 70.9 Å². The number of aryl methyl sites for hydroxylation is 14. The average molecular weight is 1620 g/mol. The molecule has 15 aromatic heterocycles. The maximum atomic E-state index is 8.83. The Morgan fingerprint density at radius 2 is 0.656 bits per heavy atom. The maximum absolute atomic E-state index is 8.83. The SMILES string of the molecule is Cc1cc2c(cc1-c1cccc[n+]1C)nc1ccccn12.[2H]C([2H])([2H])c1c[n+](C)c(-c2cc3c(cc2C)nc2ccccn23)cc1C.[2H]C([2H])([2H])c1c[n+](C)c(-c2cc3c(cc2C)nc2ccccn23)cc1C([2H])(C)C.[2H]C([2H])([2H])c1c[n+](C)c(-c2cc3c(cc2C)nc2ccccn23)cc1C([2H])([2H])C(C)(C)C.[2H]C([2H])(c1cc[n+](C)c(-c2cc3c(cc2C)nc2ccccn23)c1)C(C)(C)C. The smallest absolute Gasteiger partial charge is 0.212 e. The van der Waals surface area contributed by atoms with Gasteiger partial charge in [0.2, 0.25) is 28.5 Å². The van der Waals surface area contributed by atoms with E-state index in [-0.39, 0.29) is 16.7 Å². The normalized spacial score (nSPS) is 14.2. The van der Waals surface area contributed by atoms with Crippen LogP contribution in [0.3, 0.4) is 0 Å². The number of hydrogen-bond donors (Lipinski definition) is 0. The van der Waals surface area contributed by atoms with Crippen molar-refractivity contribution in [3.8, 4) is 56.3 Å². The van der Waals surface area contributed by atoms with Crippen molar-refractivity contribution in [2.75, 3.05) is 0 Å². The third kappa shape index (κ3) is 16.6. The fourth-order valence-corrected chi connectivity index (χ4v) is 16.4. The zero-order valence-corrected chi connectivity index (χ0v) is 73.0. The molecule has 15 heterocycles. The van der Waals surface area contributed by atoms with Gasteiger partial charge in [0.25, 0.3) is 0 Å².